The third-order valence-electron chi connectivity index (χ3n) is 8.64. The molecule has 258 valence electrons. The number of carbonyl (C=O) groups excluding carboxylic acids is 1. The zero-order valence-corrected chi connectivity index (χ0v) is 28.5. The first kappa shape index (κ1) is 35.2. The fraction of sp³-hybridized carbons (Fsp3) is 0.200. The molecular formula is C40H37ClN6O4. The molecule has 0 fully saturated rings. The molecule has 1 amide bonds. The van der Waals surface area contributed by atoms with Crippen molar-refractivity contribution in [2.45, 2.75) is 37.6 Å². The summed E-state index contributed by atoms with van der Waals surface area (Å²) in [6, 6.07) is 40.2. The van der Waals surface area contributed by atoms with Crippen molar-refractivity contribution in [1.29, 1.82) is 0 Å². The minimum Gasteiger partial charge on any atom is -0.494 e. The van der Waals surface area contributed by atoms with Gasteiger partial charge in [-0.05, 0) is 75.3 Å². The van der Waals surface area contributed by atoms with E-state index in [0.717, 1.165) is 33.4 Å². The largest absolute Gasteiger partial charge is 0.494 e. The minimum atomic E-state index is -1.49. The van der Waals surface area contributed by atoms with Crippen LogP contribution in [0.3, 0.4) is 0 Å². The Morgan fingerprint density at radius 1 is 0.882 bits per heavy atom. The predicted octanol–water partition coefficient (Wildman–Crippen LogP) is 7.90. The Labute approximate surface area is 301 Å². The second kappa shape index (κ2) is 16.8. The van der Waals surface area contributed by atoms with E-state index in [9.17, 15) is 4.79 Å². The van der Waals surface area contributed by atoms with Crippen LogP contribution in [0, 0.1) is 0 Å². The molecule has 0 spiro atoms. The minimum absolute atomic E-state index is 0.0428. The normalized spacial score (nSPS) is 16.4. The first-order chi connectivity index (χ1) is 25.0. The zero-order valence-electron chi connectivity index (χ0n) is 27.8. The molecule has 11 heteroatoms. The number of benzene rings is 5. The summed E-state index contributed by atoms with van der Waals surface area (Å²) in [5, 5.41) is 13.6. The smallest absolute Gasteiger partial charge is 0.266 e. The quantitative estimate of drug-likeness (QED) is 0.0335. The summed E-state index contributed by atoms with van der Waals surface area (Å²) in [4.78, 5) is 22.8. The van der Waals surface area contributed by atoms with E-state index < -0.39 is 17.6 Å². The van der Waals surface area contributed by atoms with Crippen LogP contribution in [0.4, 0.5) is 0 Å². The fourth-order valence-electron chi connectivity index (χ4n) is 5.98. The van der Waals surface area contributed by atoms with Crippen molar-refractivity contribution >= 4 is 23.4 Å². The van der Waals surface area contributed by atoms with Crippen LogP contribution in [0.1, 0.15) is 40.3 Å². The van der Waals surface area contributed by atoms with Crippen LogP contribution in [0.25, 0.3) is 21.6 Å². The van der Waals surface area contributed by atoms with E-state index in [-0.39, 0.29) is 19.6 Å². The maximum Gasteiger partial charge on any atom is 0.266 e. The van der Waals surface area contributed by atoms with Crippen molar-refractivity contribution < 1.29 is 19.4 Å². The molecule has 0 saturated heterocycles. The van der Waals surface area contributed by atoms with Gasteiger partial charge in [0, 0.05) is 41.5 Å². The summed E-state index contributed by atoms with van der Waals surface area (Å²) in [5.74, 6) is 0.543. The summed E-state index contributed by atoms with van der Waals surface area (Å²) in [7, 11) is 0. The van der Waals surface area contributed by atoms with Gasteiger partial charge in [-0.25, -0.2) is 10.4 Å². The van der Waals surface area contributed by atoms with E-state index in [1.165, 1.54) is 0 Å². The lowest BCUT2D eigenvalue weighted by Gasteiger charge is -2.31. The average molecular weight is 701 g/mol. The molecule has 1 heterocycles. The van der Waals surface area contributed by atoms with E-state index in [1.807, 2.05) is 115 Å². The van der Waals surface area contributed by atoms with E-state index in [1.54, 1.807) is 12.1 Å². The fourth-order valence-corrected chi connectivity index (χ4v) is 6.11. The van der Waals surface area contributed by atoms with Crippen LogP contribution < -0.4 is 15.6 Å². The lowest BCUT2D eigenvalue weighted by atomic mass is 9.80. The number of aliphatic hydroxyl groups excluding tert-OH is 1. The van der Waals surface area contributed by atoms with Gasteiger partial charge < -0.3 is 14.6 Å². The third-order valence-corrected chi connectivity index (χ3v) is 8.89. The average Bonchev–Trinajstić information content (AvgIpc) is 3.56. The third kappa shape index (κ3) is 8.57. The second-order valence-corrected chi connectivity index (χ2v) is 12.5. The molecule has 5 aromatic carbocycles. The molecule has 0 aromatic heterocycles. The first-order valence-corrected chi connectivity index (χ1v) is 17.0. The summed E-state index contributed by atoms with van der Waals surface area (Å²) in [6.45, 7) is 0.889. The van der Waals surface area contributed by atoms with Gasteiger partial charge in [-0.15, -0.1) is 0 Å². The number of amides is 1. The molecule has 2 atom stereocenters. The molecule has 5 aromatic rings. The van der Waals surface area contributed by atoms with Gasteiger partial charge in [0.1, 0.15) is 5.75 Å². The molecule has 0 unspecified atom stereocenters. The standard InChI is InChI=1S/C40H37ClN6O4/c41-35-19-11-28(12-20-35)26-43-46-39(49)40(25-33-9-4-5-10-34(33)27-44-47-42)37(31-15-13-30(14-16-31)29-7-2-1-3-8-29)51-38(45-40)32-17-21-36(22-18-32)50-24-6-23-48/h1-5,7-22,37,43,48H,6,23-27H2,(H,46,49)/t37-,40-/m0/s1. The Hall–Kier alpha value is -5.64. The van der Waals surface area contributed by atoms with Gasteiger partial charge in [0.15, 0.2) is 11.6 Å². The number of nitrogens with zero attached hydrogens (tertiary/aromatic N) is 4. The van der Waals surface area contributed by atoms with Gasteiger partial charge in [-0.2, -0.15) is 0 Å². The van der Waals surface area contributed by atoms with Crippen LogP contribution in [0.5, 0.6) is 5.75 Å². The van der Waals surface area contributed by atoms with E-state index in [4.69, 9.17) is 36.7 Å². The maximum atomic E-state index is 14.7. The molecule has 3 N–H and O–H groups in total. The number of hydrogen-bond acceptors (Lipinski definition) is 7. The molecule has 0 saturated carbocycles. The highest BCUT2D eigenvalue weighted by molar-refractivity contribution is 6.30. The molecule has 0 bridgehead atoms. The van der Waals surface area contributed by atoms with Crippen molar-refractivity contribution in [3.8, 4) is 16.9 Å². The number of ether oxygens (including phenoxy) is 2. The predicted molar refractivity (Wildman–Crippen MR) is 198 cm³/mol. The van der Waals surface area contributed by atoms with Gasteiger partial charge >= 0.3 is 0 Å². The van der Waals surface area contributed by atoms with Gasteiger partial charge in [0.05, 0.1) is 13.2 Å². The van der Waals surface area contributed by atoms with Crippen molar-refractivity contribution in [2.75, 3.05) is 13.2 Å². The highest BCUT2D eigenvalue weighted by Crippen LogP contribution is 2.43. The lowest BCUT2D eigenvalue weighted by Crippen LogP contribution is -2.53. The van der Waals surface area contributed by atoms with Crippen LogP contribution in [0.15, 0.2) is 138 Å². The highest BCUT2D eigenvalue weighted by atomic mass is 35.5. The van der Waals surface area contributed by atoms with Gasteiger partial charge in [-0.1, -0.05) is 108 Å². The highest BCUT2D eigenvalue weighted by Gasteiger charge is 2.53. The van der Waals surface area contributed by atoms with Gasteiger partial charge in [0.25, 0.3) is 5.91 Å². The number of aliphatic hydroxyl groups is 1. The topological polar surface area (TPSA) is 141 Å². The Balaban J connectivity index is 1.41. The number of aliphatic imine (C=N–C) groups is 1. The number of nitrogens with one attached hydrogen (secondary N) is 2. The molecule has 0 aliphatic carbocycles. The molecule has 10 nitrogen and oxygen atoms in total. The van der Waals surface area contributed by atoms with Crippen molar-refractivity contribution in [1.82, 2.24) is 10.9 Å². The molecule has 51 heavy (non-hydrogen) atoms. The monoisotopic (exact) mass is 700 g/mol. The Morgan fingerprint density at radius 2 is 1.55 bits per heavy atom. The number of carbonyl (C=O) groups is 1. The molecule has 0 radical (unpaired) electrons. The molecule has 1 aliphatic rings. The number of rotatable bonds is 15. The molecular weight excluding hydrogens is 664 g/mol. The van der Waals surface area contributed by atoms with Crippen molar-refractivity contribution in [3.63, 3.8) is 0 Å². The van der Waals surface area contributed by atoms with Crippen molar-refractivity contribution in [2.24, 2.45) is 10.1 Å². The number of halogens is 1. The van der Waals surface area contributed by atoms with E-state index >= 15 is 0 Å². The molecule has 6 rings (SSSR count). The number of hydrazine groups is 1. The van der Waals surface area contributed by atoms with Crippen molar-refractivity contribution in [3.05, 3.63) is 171 Å². The SMILES string of the molecule is [N-]=[N+]=NCc1ccccc1C[C@]1(C(=O)NNCc2ccc(Cl)cc2)N=C(c2ccc(OCCCO)cc2)O[C@H]1c1ccc(-c2ccccc2)cc1. The summed E-state index contributed by atoms with van der Waals surface area (Å²) in [5.41, 5.74) is 19.6. The van der Waals surface area contributed by atoms with Gasteiger partial charge in [0.2, 0.25) is 5.90 Å². The summed E-state index contributed by atoms with van der Waals surface area (Å²) < 4.78 is 12.5. The van der Waals surface area contributed by atoms with E-state index in [0.29, 0.717) is 41.8 Å². The van der Waals surface area contributed by atoms with Crippen LogP contribution in [-0.2, 0) is 29.0 Å². The Kier molecular flexibility index (Phi) is 11.6. The van der Waals surface area contributed by atoms with E-state index in [2.05, 4.69) is 20.9 Å². The van der Waals surface area contributed by atoms with Crippen LogP contribution in [-0.4, -0.2) is 35.7 Å². The Morgan fingerprint density at radius 3 is 2.25 bits per heavy atom. The first-order valence-electron chi connectivity index (χ1n) is 16.6. The van der Waals surface area contributed by atoms with Crippen LogP contribution in [0.2, 0.25) is 5.02 Å². The van der Waals surface area contributed by atoms with Crippen LogP contribution >= 0.6 is 11.6 Å². The summed E-state index contributed by atoms with van der Waals surface area (Å²) in [6.07, 6.45) is -0.162. The van der Waals surface area contributed by atoms with Gasteiger partial charge in [-0.3, -0.25) is 10.2 Å². The lowest BCUT2D eigenvalue weighted by molar-refractivity contribution is -0.130. The number of azide groups is 1. The molecule has 1 aliphatic heterocycles. The second-order valence-electron chi connectivity index (χ2n) is 12.0. The maximum absolute atomic E-state index is 14.7. The zero-order chi connectivity index (χ0) is 35.5. The summed E-state index contributed by atoms with van der Waals surface area (Å²) >= 11 is 6.08. The number of hydrogen-bond donors (Lipinski definition) is 3. The Bertz CT molecular complexity index is 2000.